The van der Waals surface area contributed by atoms with Crippen molar-refractivity contribution in [2.75, 3.05) is 26.2 Å². The molecule has 4 bridgehead atoms. The van der Waals surface area contributed by atoms with E-state index >= 15 is 0 Å². The molecule has 1 aliphatic heterocycles. The smallest absolute Gasteiger partial charge is 0.220 e. The number of rotatable bonds is 11. The molecule has 2 heterocycles. The van der Waals surface area contributed by atoms with Crippen LogP contribution in [0.2, 0.25) is 0 Å². The van der Waals surface area contributed by atoms with Crippen molar-refractivity contribution in [1.82, 2.24) is 14.8 Å². The lowest BCUT2D eigenvalue weighted by molar-refractivity contribution is -0.129. The molecular formula is C41H55N3O3. The first-order chi connectivity index (χ1) is 22.6. The number of hydrogen-bond acceptors (Lipinski definition) is 4. The maximum Gasteiger partial charge on any atom is 0.220 e. The molecule has 0 spiro atoms. The number of hydrogen-bond donors (Lipinski definition) is 1. The summed E-state index contributed by atoms with van der Waals surface area (Å²) < 4.78 is 2.41. The first-order valence-electron chi connectivity index (χ1n) is 18.6. The molecule has 6 nitrogen and oxygen atoms in total. The molecule has 1 saturated heterocycles. The third-order valence-electron chi connectivity index (χ3n) is 12.9. The van der Waals surface area contributed by atoms with Gasteiger partial charge in [-0.05, 0) is 145 Å². The van der Waals surface area contributed by atoms with Gasteiger partial charge in [0.25, 0.3) is 0 Å². The monoisotopic (exact) mass is 637 g/mol. The topological polar surface area (TPSA) is 71.4 Å². The third kappa shape index (κ3) is 6.56. The Morgan fingerprint density at radius 3 is 2.30 bits per heavy atom. The molecule has 5 aliphatic carbocycles. The van der Waals surface area contributed by atoms with E-state index in [1.165, 1.54) is 38.5 Å². The van der Waals surface area contributed by atoms with Crippen molar-refractivity contribution in [3.8, 4) is 0 Å². The van der Waals surface area contributed by atoms with Gasteiger partial charge in [0.05, 0.1) is 0 Å². The molecule has 1 N–H and O–H groups in total. The molecule has 1 amide bonds. The molecule has 2 aromatic rings. The number of carbonyl (C=O) groups excluding carboxylic acids is 3. The summed E-state index contributed by atoms with van der Waals surface area (Å²) in [6.45, 7) is 12.2. The number of carbonyl (C=O) groups is 3. The van der Waals surface area contributed by atoms with Gasteiger partial charge in [-0.15, -0.1) is 0 Å². The van der Waals surface area contributed by atoms with Crippen LogP contribution in [-0.4, -0.2) is 53.1 Å². The Morgan fingerprint density at radius 2 is 1.64 bits per heavy atom. The van der Waals surface area contributed by atoms with Gasteiger partial charge in [-0.1, -0.05) is 29.8 Å². The van der Waals surface area contributed by atoms with Gasteiger partial charge in [-0.3, -0.25) is 14.4 Å². The Labute approximate surface area is 281 Å². The number of para-hydroxylation sites is 1. The van der Waals surface area contributed by atoms with Gasteiger partial charge in [0, 0.05) is 60.6 Å². The third-order valence-corrected chi connectivity index (χ3v) is 12.9. The number of nitrogens with zero attached hydrogens (tertiary/aromatic N) is 2. The molecule has 1 atom stereocenters. The van der Waals surface area contributed by atoms with E-state index in [-0.39, 0.29) is 23.5 Å². The van der Waals surface area contributed by atoms with Crippen LogP contribution in [0.1, 0.15) is 120 Å². The molecule has 8 rings (SSSR count). The Kier molecular flexibility index (Phi) is 9.10. The highest BCUT2D eigenvalue weighted by Crippen LogP contribution is 2.61. The zero-order valence-corrected chi connectivity index (χ0v) is 29.2. The van der Waals surface area contributed by atoms with E-state index in [0.717, 1.165) is 102 Å². The first-order valence-corrected chi connectivity index (χ1v) is 18.6. The minimum absolute atomic E-state index is 0.129. The molecule has 6 aliphatic rings. The quantitative estimate of drug-likeness (QED) is 0.253. The number of piperidine rings is 1. The zero-order chi connectivity index (χ0) is 32.9. The SMILES string of the molecule is CC1=CC(C)=C(CCC(=O)c2c(C)n([C@@H](C)C3CCN(CCNC(=O)CC45CC6CC(CC(C6)C4)C5)CC3)c3ccccc23)C(=O)C1. The molecule has 252 valence electrons. The van der Waals surface area contributed by atoms with E-state index in [4.69, 9.17) is 0 Å². The van der Waals surface area contributed by atoms with E-state index in [1.807, 2.05) is 19.9 Å². The second kappa shape index (κ2) is 13.1. The van der Waals surface area contributed by atoms with Crippen molar-refractivity contribution < 1.29 is 14.4 Å². The highest BCUT2D eigenvalue weighted by atomic mass is 16.1. The average Bonchev–Trinajstić information content (AvgIpc) is 3.31. The fourth-order valence-corrected chi connectivity index (χ4v) is 11.2. The Hall–Kier alpha value is -2.99. The van der Waals surface area contributed by atoms with Crippen molar-refractivity contribution in [2.24, 2.45) is 29.1 Å². The molecule has 47 heavy (non-hydrogen) atoms. The average molecular weight is 638 g/mol. The maximum absolute atomic E-state index is 13.8. The standard InChI is InChI=1S/C41H55N3O3/c1-26-17-27(2)34(38(46)18-26)9-10-37(45)40-29(4)44(36-8-6-5-7-35(36)40)28(3)33-11-14-43(15-12-33)16-13-42-39(47)25-41-22-30-19-31(23-41)21-32(20-30)24-41/h5-8,17,28,30-33H,9-16,18-25H2,1-4H3,(H,42,47)/t28-,30?,31?,32?,41?/m0/s1. The highest BCUT2D eigenvalue weighted by molar-refractivity contribution is 6.10. The summed E-state index contributed by atoms with van der Waals surface area (Å²) in [5.41, 5.74) is 6.22. The number of fused-ring (bicyclic) bond motifs is 1. The number of amides is 1. The zero-order valence-electron chi connectivity index (χ0n) is 29.2. The van der Waals surface area contributed by atoms with E-state index in [9.17, 15) is 14.4 Å². The molecule has 6 heteroatoms. The fraction of sp³-hybridized carbons (Fsp3) is 0.634. The van der Waals surface area contributed by atoms with Gasteiger partial charge in [-0.2, -0.15) is 0 Å². The van der Waals surface area contributed by atoms with Gasteiger partial charge in [0.1, 0.15) is 0 Å². The molecule has 0 unspecified atom stereocenters. The summed E-state index contributed by atoms with van der Waals surface area (Å²) in [6, 6.07) is 8.62. The Bertz CT molecular complexity index is 1580. The number of likely N-dealkylation sites (tertiary alicyclic amines) is 1. The lowest BCUT2D eigenvalue weighted by Crippen LogP contribution is -2.48. The molecular weight excluding hydrogens is 582 g/mol. The van der Waals surface area contributed by atoms with Crippen LogP contribution in [0.3, 0.4) is 0 Å². The van der Waals surface area contributed by atoms with Gasteiger partial charge in [0.15, 0.2) is 11.6 Å². The van der Waals surface area contributed by atoms with E-state index in [2.05, 4.69) is 52.9 Å². The number of ketones is 2. The predicted molar refractivity (Wildman–Crippen MR) is 188 cm³/mol. The van der Waals surface area contributed by atoms with Crippen molar-refractivity contribution in [3.05, 3.63) is 58.3 Å². The summed E-state index contributed by atoms with van der Waals surface area (Å²) in [4.78, 5) is 42.1. The van der Waals surface area contributed by atoms with Crippen LogP contribution in [0, 0.1) is 36.0 Å². The van der Waals surface area contributed by atoms with Crippen LogP contribution >= 0.6 is 0 Å². The van der Waals surface area contributed by atoms with Crippen LogP contribution in [0.25, 0.3) is 10.9 Å². The Morgan fingerprint density at radius 1 is 0.979 bits per heavy atom. The van der Waals surface area contributed by atoms with Crippen molar-refractivity contribution in [1.29, 1.82) is 0 Å². The Balaban J connectivity index is 0.935. The lowest BCUT2D eigenvalue weighted by atomic mass is 9.49. The first kappa shape index (κ1) is 32.6. The van der Waals surface area contributed by atoms with Crippen LogP contribution in [-0.2, 0) is 9.59 Å². The summed E-state index contributed by atoms with van der Waals surface area (Å²) in [7, 11) is 0. The summed E-state index contributed by atoms with van der Waals surface area (Å²) in [5.74, 6) is 3.76. The fourth-order valence-electron chi connectivity index (χ4n) is 11.2. The second-order valence-electron chi connectivity index (χ2n) is 16.4. The summed E-state index contributed by atoms with van der Waals surface area (Å²) in [5, 5.41) is 4.33. The predicted octanol–water partition coefficient (Wildman–Crippen LogP) is 8.14. The molecule has 1 aromatic heterocycles. The van der Waals surface area contributed by atoms with Crippen LogP contribution in [0.15, 0.2) is 47.1 Å². The minimum Gasteiger partial charge on any atom is -0.355 e. The second-order valence-corrected chi connectivity index (χ2v) is 16.4. The van der Waals surface area contributed by atoms with Gasteiger partial charge in [-0.25, -0.2) is 0 Å². The molecule has 0 radical (unpaired) electrons. The number of allylic oxidation sites excluding steroid dienone is 4. The highest BCUT2D eigenvalue weighted by Gasteiger charge is 2.51. The number of nitrogens with one attached hydrogen (secondary N) is 1. The van der Waals surface area contributed by atoms with E-state index < -0.39 is 0 Å². The molecule has 1 aromatic carbocycles. The minimum atomic E-state index is 0.129. The summed E-state index contributed by atoms with van der Waals surface area (Å²) >= 11 is 0. The normalized spacial score (nSPS) is 28.6. The van der Waals surface area contributed by atoms with Crippen LogP contribution < -0.4 is 5.32 Å². The van der Waals surface area contributed by atoms with Gasteiger partial charge in [0.2, 0.25) is 5.91 Å². The molecule has 5 fully saturated rings. The van der Waals surface area contributed by atoms with Crippen molar-refractivity contribution in [2.45, 2.75) is 111 Å². The maximum atomic E-state index is 13.8. The van der Waals surface area contributed by atoms with Crippen molar-refractivity contribution in [3.63, 3.8) is 0 Å². The van der Waals surface area contributed by atoms with Crippen molar-refractivity contribution >= 4 is 28.4 Å². The van der Waals surface area contributed by atoms with E-state index in [1.54, 1.807) is 0 Å². The summed E-state index contributed by atoms with van der Waals surface area (Å²) in [6.07, 6.45) is 14.5. The number of Topliss-reactive ketones (excluding diaryl/α,β-unsaturated/α-hetero) is 2. The molecule has 4 saturated carbocycles. The van der Waals surface area contributed by atoms with Crippen LogP contribution in [0.4, 0.5) is 0 Å². The number of benzene rings is 1. The van der Waals surface area contributed by atoms with Crippen LogP contribution in [0.5, 0.6) is 0 Å². The lowest BCUT2D eigenvalue weighted by Gasteiger charge is -2.56. The number of aromatic nitrogens is 1. The van der Waals surface area contributed by atoms with E-state index in [0.29, 0.717) is 30.6 Å². The largest absolute Gasteiger partial charge is 0.355 e. The van der Waals surface area contributed by atoms with Gasteiger partial charge < -0.3 is 14.8 Å². The van der Waals surface area contributed by atoms with Gasteiger partial charge >= 0.3 is 0 Å².